The van der Waals surface area contributed by atoms with E-state index in [0.717, 1.165) is 45.4 Å². The Morgan fingerprint density at radius 1 is 1.11 bits per heavy atom. The Morgan fingerprint density at radius 3 is 2.56 bits per heavy atom. The highest BCUT2D eigenvalue weighted by atomic mass is 32.2. The van der Waals surface area contributed by atoms with Crippen LogP contribution >= 0.6 is 11.8 Å². The van der Waals surface area contributed by atoms with Gasteiger partial charge in [0.1, 0.15) is 0 Å². The van der Waals surface area contributed by atoms with Crippen molar-refractivity contribution in [2.45, 2.75) is 37.4 Å². The number of anilines is 1. The van der Waals surface area contributed by atoms with Gasteiger partial charge < -0.3 is 4.57 Å². The Balaban J connectivity index is 1.67. The van der Waals surface area contributed by atoms with Gasteiger partial charge in [0, 0.05) is 29.7 Å². The molecule has 0 fully saturated rings. The fourth-order valence-electron chi connectivity index (χ4n) is 3.59. The first-order valence-electron chi connectivity index (χ1n) is 8.74. The van der Waals surface area contributed by atoms with E-state index in [1.54, 1.807) is 17.8 Å². The number of aryl methyl sites for hydroxylation is 4. The molecule has 0 amide bonds. The molecule has 3 aromatic rings. The molecule has 0 bridgehead atoms. The van der Waals surface area contributed by atoms with E-state index in [1.807, 2.05) is 57.3 Å². The molecule has 2 heterocycles. The zero-order valence-electron chi connectivity index (χ0n) is 15.5. The first kappa shape index (κ1) is 18.1. The van der Waals surface area contributed by atoms with Crippen molar-refractivity contribution in [2.75, 3.05) is 10.5 Å². The number of benzene rings is 2. The normalized spacial score (nSPS) is 13.6. The van der Waals surface area contributed by atoms with Gasteiger partial charge in [-0.15, -0.1) is 0 Å². The van der Waals surface area contributed by atoms with Gasteiger partial charge in [0.05, 0.1) is 10.6 Å². The molecule has 140 valence electrons. The van der Waals surface area contributed by atoms with Gasteiger partial charge in [0.15, 0.2) is 5.16 Å². The smallest absolute Gasteiger partial charge is 0.262 e. The van der Waals surface area contributed by atoms with Crippen LogP contribution in [0.2, 0.25) is 0 Å². The number of sulfonamides is 1. The van der Waals surface area contributed by atoms with Gasteiger partial charge in [0.2, 0.25) is 0 Å². The molecular weight excluding hydrogens is 378 g/mol. The average Bonchev–Trinajstić information content (AvgIpc) is 3.14. The minimum absolute atomic E-state index is 0.343. The largest absolute Gasteiger partial charge is 0.325 e. The lowest BCUT2D eigenvalue weighted by Crippen LogP contribution is -2.16. The van der Waals surface area contributed by atoms with Crippen LogP contribution in [0.15, 0.2) is 52.6 Å². The fourth-order valence-corrected chi connectivity index (χ4v) is 6.04. The lowest BCUT2D eigenvalue weighted by Gasteiger charge is -2.14. The monoisotopic (exact) mass is 399 g/mol. The number of hydrogen-bond acceptors (Lipinski definition) is 4. The van der Waals surface area contributed by atoms with Crippen LogP contribution in [-0.4, -0.2) is 23.7 Å². The van der Waals surface area contributed by atoms with Crippen molar-refractivity contribution in [3.63, 3.8) is 0 Å². The molecule has 1 aliphatic heterocycles. The minimum Gasteiger partial charge on any atom is -0.325 e. The van der Waals surface area contributed by atoms with Crippen molar-refractivity contribution in [3.8, 4) is 11.3 Å². The van der Waals surface area contributed by atoms with E-state index in [9.17, 15) is 8.42 Å². The second-order valence-electron chi connectivity index (χ2n) is 6.86. The summed E-state index contributed by atoms with van der Waals surface area (Å²) in [6.45, 7) is 6.59. The molecular formula is C20H21N3O2S2. The molecule has 1 aliphatic rings. The second kappa shape index (κ2) is 6.73. The van der Waals surface area contributed by atoms with Crippen LogP contribution in [0.1, 0.15) is 16.7 Å². The molecule has 4 rings (SSSR count). The van der Waals surface area contributed by atoms with E-state index in [-0.39, 0.29) is 0 Å². The number of nitrogens with one attached hydrogen (secondary N) is 1. The first-order valence-corrected chi connectivity index (χ1v) is 11.2. The summed E-state index contributed by atoms with van der Waals surface area (Å²) in [5.41, 5.74) is 4.85. The summed E-state index contributed by atoms with van der Waals surface area (Å²) in [7, 11) is -3.67. The van der Waals surface area contributed by atoms with Gasteiger partial charge in [-0.2, -0.15) is 0 Å². The Morgan fingerprint density at radius 2 is 1.85 bits per heavy atom. The topological polar surface area (TPSA) is 64.0 Å². The first-order chi connectivity index (χ1) is 12.8. The summed E-state index contributed by atoms with van der Waals surface area (Å²) in [4.78, 5) is 4.99. The molecule has 0 atom stereocenters. The molecule has 0 spiro atoms. The van der Waals surface area contributed by atoms with Gasteiger partial charge >= 0.3 is 0 Å². The van der Waals surface area contributed by atoms with Crippen molar-refractivity contribution in [3.05, 3.63) is 59.3 Å². The predicted molar refractivity (Wildman–Crippen MR) is 110 cm³/mol. The Labute approximate surface area is 163 Å². The standard InChI is InChI=1S/C20H21N3O2S2/c1-13-9-14(2)19(15(3)10-13)27(24,25)22-17-6-4-5-16(11-17)18-12-23-7-8-26-20(23)21-18/h4-6,9-12,22H,7-8H2,1-3H3. The van der Waals surface area contributed by atoms with Gasteiger partial charge in [-0.3, -0.25) is 4.72 Å². The average molecular weight is 400 g/mol. The van der Waals surface area contributed by atoms with E-state index in [2.05, 4.69) is 14.3 Å². The van der Waals surface area contributed by atoms with E-state index in [4.69, 9.17) is 0 Å². The lowest BCUT2D eigenvalue weighted by molar-refractivity contribution is 0.600. The molecule has 1 N–H and O–H groups in total. The fraction of sp³-hybridized carbons (Fsp3) is 0.250. The SMILES string of the molecule is Cc1cc(C)c(S(=O)(=O)Nc2cccc(-c3cn4c(n3)SCC4)c2)c(C)c1. The van der Waals surface area contributed by atoms with Gasteiger partial charge in [-0.25, -0.2) is 13.4 Å². The minimum atomic E-state index is -3.67. The summed E-state index contributed by atoms with van der Waals surface area (Å²) in [5, 5.41) is 1.02. The quantitative estimate of drug-likeness (QED) is 0.707. The molecule has 0 radical (unpaired) electrons. The highest BCUT2D eigenvalue weighted by Crippen LogP contribution is 2.31. The van der Waals surface area contributed by atoms with Crippen molar-refractivity contribution >= 4 is 27.5 Å². The van der Waals surface area contributed by atoms with Crippen molar-refractivity contribution in [1.82, 2.24) is 9.55 Å². The number of rotatable bonds is 4. The molecule has 0 aliphatic carbocycles. The number of nitrogens with zero attached hydrogens (tertiary/aromatic N) is 2. The van der Waals surface area contributed by atoms with Crippen LogP contribution in [0.5, 0.6) is 0 Å². The molecule has 27 heavy (non-hydrogen) atoms. The van der Waals surface area contributed by atoms with Crippen LogP contribution in [0.3, 0.4) is 0 Å². The Hall–Kier alpha value is -2.25. The summed E-state index contributed by atoms with van der Waals surface area (Å²) in [6.07, 6.45) is 2.03. The lowest BCUT2D eigenvalue weighted by atomic mass is 10.1. The van der Waals surface area contributed by atoms with Crippen LogP contribution < -0.4 is 4.72 Å². The zero-order chi connectivity index (χ0) is 19.2. The van der Waals surface area contributed by atoms with Gasteiger partial charge in [-0.05, 0) is 44.0 Å². The summed E-state index contributed by atoms with van der Waals surface area (Å²) in [5.74, 6) is 1.05. The third-order valence-electron chi connectivity index (χ3n) is 4.59. The number of thioether (sulfide) groups is 1. The molecule has 0 unspecified atom stereocenters. The van der Waals surface area contributed by atoms with Crippen LogP contribution in [-0.2, 0) is 16.6 Å². The zero-order valence-corrected chi connectivity index (χ0v) is 17.1. The second-order valence-corrected chi connectivity index (χ2v) is 9.55. The van der Waals surface area contributed by atoms with E-state index in [0.29, 0.717) is 10.6 Å². The number of aromatic nitrogens is 2. The van der Waals surface area contributed by atoms with E-state index < -0.39 is 10.0 Å². The molecule has 0 saturated carbocycles. The van der Waals surface area contributed by atoms with Crippen molar-refractivity contribution < 1.29 is 8.42 Å². The molecule has 5 nitrogen and oxygen atoms in total. The number of imidazole rings is 1. The molecule has 0 saturated heterocycles. The summed E-state index contributed by atoms with van der Waals surface area (Å²) in [6, 6.07) is 11.2. The third kappa shape index (κ3) is 3.49. The molecule has 1 aromatic heterocycles. The number of fused-ring (bicyclic) bond motifs is 1. The highest BCUT2D eigenvalue weighted by Gasteiger charge is 2.21. The summed E-state index contributed by atoms with van der Waals surface area (Å²) >= 11 is 1.74. The van der Waals surface area contributed by atoms with E-state index >= 15 is 0 Å². The maximum absolute atomic E-state index is 13.0. The highest BCUT2D eigenvalue weighted by molar-refractivity contribution is 7.99. The Kier molecular flexibility index (Phi) is 4.52. The van der Waals surface area contributed by atoms with Gasteiger partial charge in [-0.1, -0.05) is 41.6 Å². The number of hydrogen-bond donors (Lipinski definition) is 1. The third-order valence-corrected chi connectivity index (χ3v) is 7.24. The predicted octanol–water partition coefficient (Wildman–Crippen LogP) is 4.38. The molecule has 7 heteroatoms. The van der Waals surface area contributed by atoms with Crippen LogP contribution in [0, 0.1) is 20.8 Å². The molecule has 2 aromatic carbocycles. The van der Waals surface area contributed by atoms with Crippen molar-refractivity contribution in [2.24, 2.45) is 0 Å². The maximum atomic E-state index is 13.0. The Bertz CT molecular complexity index is 1090. The summed E-state index contributed by atoms with van der Waals surface area (Å²) < 4.78 is 30.8. The maximum Gasteiger partial charge on any atom is 0.262 e. The van der Waals surface area contributed by atoms with E-state index in [1.165, 1.54) is 0 Å². The van der Waals surface area contributed by atoms with Gasteiger partial charge in [0.25, 0.3) is 10.0 Å². The van der Waals surface area contributed by atoms with Crippen molar-refractivity contribution in [1.29, 1.82) is 0 Å². The van der Waals surface area contributed by atoms with Crippen LogP contribution in [0.25, 0.3) is 11.3 Å². The van der Waals surface area contributed by atoms with Crippen LogP contribution in [0.4, 0.5) is 5.69 Å².